The highest BCUT2D eigenvalue weighted by Gasteiger charge is 2.29. The van der Waals surface area contributed by atoms with Gasteiger partial charge in [0, 0.05) is 9.70 Å². The molecule has 3 rings (SSSR count). The largest absolute Gasteiger partial charge is 0.149 e. The fourth-order valence-electron chi connectivity index (χ4n) is 3.15. The standard InChI is InChI=1S/C17H19BrS/c18-17-9-8-14(13-5-2-1-3-6-13)11-15(17)12-16-7-4-10-19-16/h1-7,10,14-15,17H,8-9,11-12H2. The fourth-order valence-corrected chi connectivity index (χ4v) is 4.62. The van der Waals surface area contributed by atoms with Gasteiger partial charge in [-0.25, -0.2) is 0 Å². The zero-order valence-corrected chi connectivity index (χ0v) is 13.4. The molecular formula is C17H19BrS. The van der Waals surface area contributed by atoms with E-state index in [0.29, 0.717) is 4.83 Å². The summed E-state index contributed by atoms with van der Waals surface area (Å²) in [5, 5.41) is 2.19. The Hall–Kier alpha value is -0.600. The molecule has 0 amide bonds. The molecule has 0 radical (unpaired) electrons. The Bertz CT molecular complexity index is 491. The Morgan fingerprint density at radius 1 is 1.05 bits per heavy atom. The first kappa shape index (κ1) is 13.4. The summed E-state index contributed by atoms with van der Waals surface area (Å²) in [5.41, 5.74) is 1.53. The SMILES string of the molecule is BrC1CCC(c2ccccc2)CC1Cc1cccs1. The summed E-state index contributed by atoms with van der Waals surface area (Å²) in [4.78, 5) is 2.22. The summed E-state index contributed by atoms with van der Waals surface area (Å²) >= 11 is 5.80. The second-order valence-corrected chi connectivity index (χ2v) is 7.69. The minimum atomic E-state index is 0.689. The van der Waals surface area contributed by atoms with Crippen molar-refractivity contribution in [3.63, 3.8) is 0 Å². The quantitative estimate of drug-likeness (QED) is 0.637. The lowest BCUT2D eigenvalue weighted by atomic mass is 9.76. The predicted octanol–water partition coefficient (Wildman–Crippen LogP) is 5.64. The summed E-state index contributed by atoms with van der Waals surface area (Å²) in [7, 11) is 0. The molecule has 0 saturated heterocycles. The van der Waals surface area contributed by atoms with Crippen molar-refractivity contribution in [1.29, 1.82) is 0 Å². The molecule has 19 heavy (non-hydrogen) atoms. The third-order valence-corrected chi connectivity index (χ3v) is 6.31. The topological polar surface area (TPSA) is 0 Å². The molecule has 1 aliphatic rings. The molecule has 100 valence electrons. The van der Waals surface area contributed by atoms with Crippen LogP contribution in [0.4, 0.5) is 0 Å². The van der Waals surface area contributed by atoms with Crippen molar-refractivity contribution >= 4 is 27.3 Å². The lowest BCUT2D eigenvalue weighted by molar-refractivity contribution is 0.336. The number of thiophene rings is 1. The first-order valence-corrected chi connectivity index (χ1v) is 8.84. The van der Waals surface area contributed by atoms with Crippen molar-refractivity contribution in [2.24, 2.45) is 5.92 Å². The van der Waals surface area contributed by atoms with E-state index in [-0.39, 0.29) is 0 Å². The summed E-state index contributed by atoms with van der Waals surface area (Å²) in [5.74, 6) is 1.53. The number of alkyl halides is 1. The van der Waals surface area contributed by atoms with E-state index in [4.69, 9.17) is 0 Å². The first-order chi connectivity index (χ1) is 9.33. The summed E-state index contributed by atoms with van der Waals surface area (Å²) in [6.45, 7) is 0. The zero-order valence-electron chi connectivity index (χ0n) is 11.0. The Kier molecular flexibility index (Phi) is 4.39. The van der Waals surface area contributed by atoms with Crippen molar-refractivity contribution in [3.8, 4) is 0 Å². The maximum atomic E-state index is 3.91. The van der Waals surface area contributed by atoms with Gasteiger partial charge in [-0.3, -0.25) is 0 Å². The second-order valence-electron chi connectivity index (χ2n) is 5.48. The molecule has 0 aliphatic heterocycles. The molecule has 0 N–H and O–H groups in total. The van der Waals surface area contributed by atoms with Crippen LogP contribution in [-0.4, -0.2) is 4.83 Å². The van der Waals surface area contributed by atoms with Gasteiger partial charge in [-0.1, -0.05) is 52.3 Å². The van der Waals surface area contributed by atoms with Crippen molar-refractivity contribution in [1.82, 2.24) is 0 Å². The summed E-state index contributed by atoms with van der Waals surface area (Å²) in [6.07, 6.45) is 5.17. The van der Waals surface area contributed by atoms with Crippen molar-refractivity contribution in [3.05, 3.63) is 58.3 Å². The van der Waals surface area contributed by atoms with E-state index in [1.165, 1.54) is 36.1 Å². The van der Waals surface area contributed by atoms with Crippen LogP contribution in [0.1, 0.15) is 35.6 Å². The van der Waals surface area contributed by atoms with Gasteiger partial charge in [0.15, 0.2) is 0 Å². The van der Waals surface area contributed by atoms with Gasteiger partial charge in [-0.15, -0.1) is 11.3 Å². The number of benzene rings is 1. The van der Waals surface area contributed by atoms with Crippen LogP contribution < -0.4 is 0 Å². The smallest absolute Gasteiger partial charge is 0.0178 e. The van der Waals surface area contributed by atoms with Crippen LogP contribution in [0.5, 0.6) is 0 Å². The van der Waals surface area contributed by atoms with Crippen LogP contribution >= 0.6 is 27.3 Å². The highest BCUT2D eigenvalue weighted by atomic mass is 79.9. The van der Waals surface area contributed by atoms with E-state index in [1.807, 2.05) is 11.3 Å². The van der Waals surface area contributed by atoms with E-state index in [0.717, 1.165) is 11.8 Å². The van der Waals surface area contributed by atoms with Crippen LogP contribution in [-0.2, 0) is 6.42 Å². The molecule has 2 aromatic rings. The highest BCUT2D eigenvalue weighted by Crippen LogP contribution is 2.41. The van der Waals surface area contributed by atoms with Gasteiger partial charge in [0.1, 0.15) is 0 Å². The minimum Gasteiger partial charge on any atom is -0.149 e. The highest BCUT2D eigenvalue weighted by molar-refractivity contribution is 9.09. The number of hydrogen-bond donors (Lipinski definition) is 0. The fraction of sp³-hybridized carbons (Fsp3) is 0.412. The molecule has 2 heteroatoms. The zero-order chi connectivity index (χ0) is 13.1. The van der Waals surface area contributed by atoms with Gasteiger partial charge < -0.3 is 0 Å². The van der Waals surface area contributed by atoms with E-state index in [9.17, 15) is 0 Å². The maximum Gasteiger partial charge on any atom is 0.0178 e. The lowest BCUT2D eigenvalue weighted by Crippen LogP contribution is -2.25. The van der Waals surface area contributed by atoms with E-state index >= 15 is 0 Å². The normalized spacial score (nSPS) is 27.3. The Morgan fingerprint density at radius 3 is 2.63 bits per heavy atom. The van der Waals surface area contributed by atoms with Gasteiger partial charge >= 0.3 is 0 Å². The number of rotatable bonds is 3. The van der Waals surface area contributed by atoms with Gasteiger partial charge in [0.05, 0.1) is 0 Å². The molecule has 0 spiro atoms. The van der Waals surface area contributed by atoms with Crippen molar-refractivity contribution in [2.45, 2.75) is 36.4 Å². The average molecular weight is 335 g/mol. The Labute approximate surface area is 128 Å². The van der Waals surface area contributed by atoms with Gasteiger partial charge in [0.2, 0.25) is 0 Å². The monoisotopic (exact) mass is 334 g/mol. The molecule has 3 atom stereocenters. The molecule has 1 aromatic heterocycles. The predicted molar refractivity (Wildman–Crippen MR) is 87.3 cm³/mol. The first-order valence-electron chi connectivity index (χ1n) is 7.04. The molecule has 1 heterocycles. The van der Waals surface area contributed by atoms with E-state index in [1.54, 1.807) is 0 Å². The van der Waals surface area contributed by atoms with Crippen LogP contribution in [0.2, 0.25) is 0 Å². The van der Waals surface area contributed by atoms with Crippen LogP contribution in [0.15, 0.2) is 47.8 Å². The third-order valence-electron chi connectivity index (χ3n) is 4.20. The Morgan fingerprint density at radius 2 is 1.89 bits per heavy atom. The average Bonchev–Trinajstić information content (AvgIpc) is 2.95. The van der Waals surface area contributed by atoms with Gasteiger partial charge in [0.25, 0.3) is 0 Å². The lowest BCUT2D eigenvalue weighted by Gasteiger charge is -2.33. The molecular weight excluding hydrogens is 316 g/mol. The molecule has 1 aliphatic carbocycles. The summed E-state index contributed by atoms with van der Waals surface area (Å²) < 4.78 is 0. The molecule has 1 aromatic carbocycles. The van der Waals surface area contributed by atoms with Crippen LogP contribution in [0.25, 0.3) is 0 Å². The molecule has 3 unspecified atom stereocenters. The number of halogens is 1. The van der Waals surface area contributed by atoms with Gasteiger partial charge in [-0.2, -0.15) is 0 Å². The summed E-state index contributed by atoms with van der Waals surface area (Å²) in [6, 6.07) is 15.5. The van der Waals surface area contributed by atoms with E-state index in [2.05, 4.69) is 63.8 Å². The minimum absolute atomic E-state index is 0.689. The Balaban J connectivity index is 1.70. The molecule has 0 bridgehead atoms. The molecule has 1 saturated carbocycles. The molecule has 0 nitrogen and oxygen atoms in total. The number of hydrogen-bond acceptors (Lipinski definition) is 1. The van der Waals surface area contributed by atoms with Crippen molar-refractivity contribution in [2.75, 3.05) is 0 Å². The van der Waals surface area contributed by atoms with Crippen LogP contribution in [0.3, 0.4) is 0 Å². The van der Waals surface area contributed by atoms with Crippen molar-refractivity contribution < 1.29 is 0 Å². The van der Waals surface area contributed by atoms with E-state index < -0.39 is 0 Å². The van der Waals surface area contributed by atoms with Crippen LogP contribution in [0, 0.1) is 5.92 Å². The second kappa shape index (κ2) is 6.23. The third kappa shape index (κ3) is 3.29. The maximum absolute atomic E-state index is 3.91. The van der Waals surface area contributed by atoms with Gasteiger partial charge in [-0.05, 0) is 54.5 Å². The molecule has 1 fully saturated rings.